The molecule has 1 amide bonds. The van der Waals surface area contributed by atoms with Crippen LogP contribution in [-0.2, 0) is 6.54 Å². The minimum Gasteiger partial charge on any atom is -0.497 e. The largest absolute Gasteiger partial charge is 0.497 e. The van der Waals surface area contributed by atoms with Gasteiger partial charge in [0.15, 0.2) is 0 Å². The Bertz CT molecular complexity index is 1160. The number of hydrogen-bond donors (Lipinski definition) is 1. The molecule has 5 heteroatoms. The molecule has 0 aliphatic heterocycles. The molecule has 0 radical (unpaired) electrons. The maximum Gasteiger partial charge on any atom is 0.251 e. The van der Waals surface area contributed by atoms with Gasteiger partial charge in [0.25, 0.3) is 5.91 Å². The number of nitrogens with zero attached hydrogens (tertiary/aromatic N) is 2. The number of carbonyl (C=O) groups is 1. The van der Waals surface area contributed by atoms with E-state index in [1.54, 1.807) is 7.11 Å². The highest BCUT2D eigenvalue weighted by Gasteiger charge is 2.13. The number of aryl methyl sites for hydroxylation is 2. The van der Waals surface area contributed by atoms with Gasteiger partial charge in [0, 0.05) is 17.8 Å². The molecule has 1 N–H and O–H groups in total. The van der Waals surface area contributed by atoms with Crippen molar-refractivity contribution in [3.8, 4) is 11.4 Å². The number of hydrogen-bond acceptors (Lipinski definition) is 3. The van der Waals surface area contributed by atoms with Crippen LogP contribution in [0.3, 0.4) is 0 Å². The summed E-state index contributed by atoms with van der Waals surface area (Å²) in [5.41, 5.74) is 5.63. The van der Waals surface area contributed by atoms with Crippen LogP contribution in [0.1, 0.15) is 27.3 Å². The van der Waals surface area contributed by atoms with Crippen molar-refractivity contribution in [3.63, 3.8) is 0 Å². The summed E-state index contributed by atoms with van der Waals surface area (Å²) in [5.74, 6) is 1.56. The Labute approximate surface area is 170 Å². The molecular weight excluding hydrogens is 362 g/mol. The number of aromatic nitrogens is 2. The van der Waals surface area contributed by atoms with E-state index in [2.05, 4.69) is 14.9 Å². The van der Waals surface area contributed by atoms with Crippen LogP contribution >= 0.6 is 0 Å². The van der Waals surface area contributed by atoms with Gasteiger partial charge in [0.05, 0.1) is 18.1 Å². The van der Waals surface area contributed by atoms with E-state index in [0.717, 1.165) is 33.9 Å². The summed E-state index contributed by atoms with van der Waals surface area (Å²) < 4.78 is 7.31. The van der Waals surface area contributed by atoms with Gasteiger partial charge in [-0.05, 0) is 61.9 Å². The molecule has 0 atom stereocenters. The third-order valence-electron chi connectivity index (χ3n) is 4.99. The van der Waals surface area contributed by atoms with Crippen LogP contribution in [0.15, 0.2) is 66.7 Å². The molecule has 1 heterocycles. The van der Waals surface area contributed by atoms with Crippen molar-refractivity contribution in [2.75, 3.05) is 7.11 Å². The molecule has 0 saturated carbocycles. The number of imidazole rings is 1. The molecule has 4 aromatic rings. The molecule has 29 heavy (non-hydrogen) atoms. The van der Waals surface area contributed by atoms with Gasteiger partial charge in [-0.2, -0.15) is 0 Å². The smallest absolute Gasteiger partial charge is 0.251 e. The first-order valence-corrected chi connectivity index (χ1v) is 9.52. The van der Waals surface area contributed by atoms with Gasteiger partial charge in [-0.1, -0.05) is 29.8 Å². The lowest BCUT2D eigenvalue weighted by molar-refractivity contribution is 0.0951. The first-order chi connectivity index (χ1) is 14.0. The lowest BCUT2D eigenvalue weighted by Gasteiger charge is -2.09. The Morgan fingerprint density at radius 3 is 2.41 bits per heavy atom. The van der Waals surface area contributed by atoms with Crippen LogP contribution in [0.2, 0.25) is 0 Å². The van der Waals surface area contributed by atoms with Crippen molar-refractivity contribution in [1.29, 1.82) is 0 Å². The van der Waals surface area contributed by atoms with E-state index in [0.29, 0.717) is 12.1 Å². The number of ether oxygens (including phenoxy) is 1. The molecule has 0 aliphatic rings. The highest BCUT2D eigenvalue weighted by Crippen LogP contribution is 2.24. The molecule has 5 nitrogen and oxygen atoms in total. The third kappa shape index (κ3) is 3.85. The Balaban J connectivity index is 1.57. The zero-order valence-corrected chi connectivity index (χ0v) is 16.8. The maximum absolute atomic E-state index is 12.6. The Kier molecular flexibility index (Phi) is 5.04. The van der Waals surface area contributed by atoms with Crippen LogP contribution in [0.4, 0.5) is 0 Å². The Morgan fingerprint density at radius 2 is 1.72 bits per heavy atom. The van der Waals surface area contributed by atoms with Crippen LogP contribution in [-0.4, -0.2) is 22.6 Å². The average molecular weight is 385 g/mol. The highest BCUT2D eigenvalue weighted by molar-refractivity contribution is 5.97. The van der Waals surface area contributed by atoms with Gasteiger partial charge >= 0.3 is 0 Å². The molecule has 0 aliphatic carbocycles. The van der Waals surface area contributed by atoms with Crippen LogP contribution in [0, 0.1) is 13.8 Å². The van der Waals surface area contributed by atoms with Crippen LogP contribution in [0.25, 0.3) is 16.7 Å². The third-order valence-corrected chi connectivity index (χ3v) is 4.99. The Morgan fingerprint density at radius 1 is 1.00 bits per heavy atom. The van der Waals surface area contributed by atoms with E-state index in [4.69, 9.17) is 4.74 Å². The van der Waals surface area contributed by atoms with E-state index in [-0.39, 0.29) is 5.91 Å². The number of amides is 1. The fourth-order valence-electron chi connectivity index (χ4n) is 3.39. The van der Waals surface area contributed by atoms with Gasteiger partial charge in [-0.3, -0.25) is 9.36 Å². The minimum atomic E-state index is -0.107. The van der Waals surface area contributed by atoms with Crippen molar-refractivity contribution >= 4 is 16.9 Å². The normalized spacial score (nSPS) is 10.9. The number of fused-ring (bicyclic) bond motifs is 1. The van der Waals surface area contributed by atoms with Crippen molar-refractivity contribution < 1.29 is 9.53 Å². The number of methoxy groups -OCH3 is 1. The summed E-state index contributed by atoms with van der Waals surface area (Å²) in [6.45, 7) is 4.50. The first-order valence-electron chi connectivity index (χ1n) is 9.52. The second-order valence-corrected chi connectivity index (χ2v) is 7.06. The van der Waals surface area contributed by atoms with Crippen molar-refractivity contribution in [2.24, 2.45) is 0 Å². The molecule has 4 rings (SSSR count). The van der Waals surface area contributed by atoms with Crippen molar-refractivity contribution in [2.45, 2.75) is 20.4 Å². The SMILES string of the molecule is COc1ccc(-n2c(C)nc3cc(C(=O)NCc4ccc(C)cc4)ccc32)cc1. The van der Waals surface area contributed by atoms with Gasteiger partial charge < -0.3 is 10.1 Å². The van der Waals surface area contributed by atoms with Gasteiger partial charge in [-0.15, -0.1) is 0 Å². The molecule has 0 unspecified atom stereocenters. The molecule has 3 aromatic carbocycles. The molecule has 0 bridgehead atoms. The first kappa shape index (κ1) is 18.7. The molecule has 0 spiro atoms. The number of benzene rings is 3. The number of carbonyl (C=O) groups excluding carboxylic acids is 1. The second-order valence-electron chi connectivity index (χ2n) is 7.06. The summed E-state index contributed by atoms with van der Waals surface area (Å²) >= 11 is 0. The fourth-order valence-corrected chi connectivity index (χ4v) is 3.39. The minimum absolute atomic E-state index is 0.107. The predicted molar refractivity (Wildman–Crippen MR) is 115 cm³/mol. The lowest BCUT2D eigenvalue weighted by atomic mass is 10.1. The van der Waals surface area contributed by atoms with E-state index >= 15 is 0 Å². The summed E-state index contributed by atoms with van der Waals surface area (Å²) in [5, 5.41) is 2.98. The molecule has 1 aromatic heterocycles. The van der Waals surface area contributed by atoms with E-state index in [1.165, 1.54) is 5.56 Å². The number of nitrogens with one attached hydrogen (secondary N) is 1. The molecular formula is C24H23N3O2. The zero-order chi connectivity index (χ0) is 20.4. The lowest BCUT2D eigenvalue weighted by Crippen LogP contribution is -2.22. The topological polar surface area (TPSA) is 56.2 Å². The van der Waals surface area contributed by atoms with E-state index in [1.807, 2.05) is 80.6 Å². The summed E-state index contributed by atoms with van der Waals surface area (Å²) in [4.78, 5) is 17.3. The molecule has 0 saturated heterocycles. The fraction of sp³-hybridized carbons (Fsp3) is 0.167. The van der Waals surface area contributed by atoms with Crippen LogP contribution < -0.4 is 10.1 Å². The van der Waals surface area contributed by atoms with E-state index in [9.17, 15) is 4.79 Å². The maximum atomic E-state index is 12.6. The quantitative estimate of drug-likeness (QED) is 0.547. The predicted octanol–water partition coefficient (Wildman–Crippen LogP) is 4.58. The molecule has 146 valence electrons. The van der Waals surface area contributed by atoms with Crippen LogP contribution in [0.5, 0.6) is 5.75 Å². The highest BCUT2D eigenvalue weighted by atomic mass is 16.5. The summed E-state index contributed by atoms with van der Waals surface area (Å²) in [7, 11) is 1.65. The monoisotopic (exact) mass is 385 g/mol. The van der Waals surface area contributed by atoms with Crippen molar-refractivity contribution in [3.05, 3.63) is 89.2 Å². The Hall–Kier alpha value is -3.60. The summed E-state index contributed by atoms with van der Waals surface area (Å²) in [6, 6.07) is 21.6. The van der Waals surface area contributed by atoms with Gasteiger partial charge in [-0.25, -0.2) is 4.98 Å². The number of rotatable bonds is 5. The van der Waals surface area contributed by atoms with Crippen molar-refractivity contribution in [1.82, 2.24) is 14.9 Å². The molecule has 0 fully saturated rings. The van der Waals surface area contributed by atoms with E-state index < -0.39 is 0 Å². The average Bonchev–Trinajstić information content (AvgIpc) is 3.08. The van der Waals surface area contributed by atoms with Gasteiger partial charge in [0.1, 0.15) is 11.6 Å². The summed E-state index contributed by atoms with van der Waals surface area (Å²) in [6.07, 6.45) is 0. The zero-order valence-electron chi connectivity index (χ0n) is 16.8. The van der Waals surface area contributed by atoms with Gasteiger partial charge in [0.2, 0.25) is 0 Å². The second kappa shape index (κ2) is 7.80. The standard InChI is InChI=1S/C24H23N3O2/c1-16-4-6-18(7-5-16)15-25-24(28)19-8-13-23-22(14-19)26-17(2)27(23)20-9-11-21(29-3)12-10-20/h4-14H,15H2,1-3H3,(H,25,28).